The molecule has 3 heteroatoms. The van der Waals surface area contributed by atoms with Crippen LogP contribution in [0.1, 0.15) is 11.1 Å². The van der Waals surface area contributed by atoms with Gasteiger partial charge in [-0.05, 0) is 119 Å². The molecule has 0 aliphatic heterocycles. The van der Waals surface area contributed by atoms with Gasteiger partial charge < -0.3 is 15.3 Å². The number of nitrogens with one attached hydrogen (secondary N) is 2. The summed E-state index contributed by atoms with van der Waals surface area (Å²) in [5, 5.41) is 26.0. The van der Waals surface area contributed by atoms with E-state index in [1.54, 1.807) is 6.08 Å². The molecule has 0 amide bonds. The van der Waals surface area contributed by atoms with E-state index in [0.717, 1.165) is 50.4 Å². The first-order valence-electron chi connectivity index (χ1n) is 21.3. The van der Waals surface area contributed by atoms with Crippen LogP contribution in [0.4, 0.5) is 0 Å². The van der Waals surface area contributed by atoms with Crippen LogP contribution in [0, 0.1) is 5.41 Å². The predicted molar refractivity (Wildman–Crippen MR) is 268 cm³/mol. The van der Waals surface area contributed by atoms with Crippen LogP contribution in [-0.4, -0.2) is 17.8 Å². The molecule has 0 bridgehead atoms. The zero-order valence-corrected chi connectivity index (χ0v) is 34.5. The number of aromatic nitrogens is 1. The van der Waals surface area contributed by atoms with Crippen LogP contribution in [0.5, 0.6) is 0 Å². The van der Waals surface area contributed by atoms with E-state index in [1.165, 1.54) is 82.6 Å². The number of benzene rings is 10. The van der Waals surface area contributed by atoms with Crippen molar-refractivity contribution in [1.29, 1.82) is 5.41 Å². The third-order valence-electron chi connectivity index (χ3n) is 12.7. The van der Waals surface area contributed by atoms with Gasteiger partial charge in [0.2, 0.25) is 0 Å². The molecule has 62 heavy (non-hydrogen) atoms. The highest BCUT2D eigenvalue weighted by atomic mass is 15.0. The molecule has 2 N–H and O–H groups in total. The quantitative estimate of drug-likeness (QED) is 0.0853. The normalized spacial score (nSPS) is 12.2. The molecule has 0 saturated carbocycles. The predicted octanol–water partition coefficient (Wildman–Crippen LogP) is 15.4. The minimum atomic E-state index is 0.841. The maximum Gasteiger partial charge on any atom is 0.0619 e. The summed E-state index contributed by atoms with van der Waals surface area (Å²) >= 11 is 0. The van der Waals surface area contributed by atoms with E-state index >= 15 is 0 Å². The van der Waals surface area contributed by atoms with E-state index in [9.17, 15) is 0 Å². The van der Waals surface area contributed by atoms with E-state index in [0.29, 0.717) is 0 Å². The highest BCUT2D eigenvalue weighted by Gasteiger charge is 2.21. The summed E-state index contributed by atoms with van der Waals surface area (Å²) in [6, 6.07) is 64.5. The average Bonchev–Trinajstić information content (AvgIpc) is 3.66. The topological polar surface area (TPSA) is 40.8 Å². The molecule has 0 fully saturated rings. The Hall–Kier alpha value is -8.01. The fourth-order valence-corrected chi connectivity index (χ4v) is 10.1. The monoisotopic (exact) mass is 793 g/mol. The van der Waals surface area contributed by atoms with Gasteiger partial charge in [0.25, 0.3) is 0 Å². The van der Waals surface area contributed by atoms with Gasteiger partial charge in [-0.25, -0.2) is 0 Å². The Balaban J connectivity index is 1.17. The zero-order chi connectivity index (χ0) is 41.7. The fraction of sp³-hybridized carbons (Fsp3) is 0.0339. The lowest BCUT2D eigenvalue weighted by atomic mass is 9.85. The summed E-state index contributed by atoms with van der Waals surface area (Å²) in [4.78, 5) is 0. The SMILES string of the molecule is C=C/C=C(\C=N)c1c2ccccc2c(-c2ccc3c(ccc4c5ccc(-c6c7ccccc7c(C/C=C\NC)c7ccccc67)cc5n(-c5ccccc5)c34)c2)c2ccccc12. The Morgan fingerprint density at radius 3 is 1.65 bits per heavy atom. The molecular weight excluding hydrogens is 751 g/mol. The van der Waals surface area contributed by atoms with Crippen LogP contribution in [0.3, 0.4) is 0 Å². The van der Waals surface area contributed by atoms with Crippen molar-refractivity contribution in [2.45, 2.75) is 6.42 Å². The molecule has 10 aromatic carbocycles. The van der Waals surface area contributed by atoms with Crippen molar-refractivity contribution in [3.63, 3.8) is 0 Å². The van der Waals surface area contributed by atoms with Crippen molar-refractivity contribution in [1.82, 2.24) is 9.88 Å². The first-order chi connectivity index (χ1) is 30.7. The number of para-hydroxylation sites is 1. The molecule has 11 aromatic rings. The minimum Gasteiger partial charge on any atom is -0.394 e. The fourth-order valence-electron chi connectivity index (χ4n) is 10.1. The number of nitrogens with zero attached hydrogens (tertiary/aromatic N) is 1. The van der Waals surface area contributed by atoms with Crippen molar-refractivity contribution >= 4 is 87.5 Å². The Labute approximate surface area is 360 Å². The van der Waals surface area contributed by atoms with Crippen LogP contribution in [0.15, 0.2) is 207 Å². The first-order valence-corrected chi connectivity index (χ1v) is 21.3. The molecule has 0 radical (unpaired) electrons. The third kappa shape index (κ3) is 5.78. The van der Waals surface area contributed by atoms with Gasteiger partial charge in [0.05, 0.1) is 11.0 Å². The van der Waals surface area contributed by atoms with Crippen LogP contribution in [0.2, 0.25) is 0 Å². The largest absolute Gasteiger partial charge is 0.394 e. The van der Waals surface area contributed by atoms with Gasteiger partial charge in [0, 0.05) is 40.7 Å². The Morgan fingerprint density at radius 1 is 0.548 bits per heavy atom. The molecule has 0 atom stereocenters. The number of fused-ring (bicyclic) bond motifs is 9. The van der Waals surface area contributed by atoms with Gasteiger partial charge in [-0.1, -0.05) is 176 Å². The molecule has 0 unspecified atom stereocenters. The van der Waals surface area contributed by atoms with Gasteiger partial charge in [-0.3, -0.25) is 0 Å². The second kappa shape index (κ2) is 15.2. The highest BCUT2D eigenvalue weighted by Crippen LogP contribution is 2.46. The Kier molecular flexibility index (Phi) is 9.09. The number of rotatable bonds is 9. The number of hydrogen-bond donors (Lipinski definition) is 2. The van der Waals surface area contributed by atoms with Crippen molar-refractivity contribution in [2.75, 3.05) is 7.05 Å². The third-order valence-corrected chi connectivity index (χ3v) is 12.7. The average molecular weight is 794 g/mol. The summed E-state index contributed by atoms with van der Waals surface area (Å²) in [7, 11) is 1.95. The molecule has 0 aliphatic carbocycles. The lowest BCUT2D eigenvalue weighted by molar-refractivity contribution is 1.08. The minimum absolute atomic E-state index is 0.841. The highest BCUT2D eigenvalue weighted by molar-refractivity contribution is 6.26. The van der Waals surface area contributed by atoms with Gasteiger partial charge in [-0.15, -0.1) is 0 Å². The zero-order valence-electron chi connectivity index (χ0n) is 34.5. The second-order valence-corrected chi connectivity index (χ2v) is 16.0. The van der Waals surface area contributed by atoms with Crippen LogP contribution in [0.25, 0.3) is 109 Å². The second-order valence-electron chi connectivity index (χ2n) is 16.0. The van der Waals surface area contributed by atoms with E-state index in [2.05, 4.69) is 198 Å². The lowest BCUT2D eigenvalue weighted by Gasteiger charge is -2.18. The van der Waals surface area contributed by atoms with E-state index in [4.69, 9.17) is 5.41 Å². The smallest absolute Gasteiger partial charge is 0.0619 e. The van der Waals surface area contributed by atoms with Crippen LogP contribution in [-0.2, 0) is 6.42 Å². The van der Waals surface area contributed by atoms with E-state index in [-0.39, 0.29) is 0 Å². The molecule has 0 spiro atoms. The maximum absolute atomic E-state index is 8.35. The standard InChI is InChI=1S/C59H43N3/c1-3-16-41(37-60)58-52-25-13-11-23-50(52)56(51-24-12-14-26-53(51)58)39-29-31-43-38(35-39)28-33-54-47-32-30-40(36-55(47)62(59(43)54)42-17-5-4-6-18-42)57-48-21-9-7-19-45(48)44(27-15-34-61-2)46-20-8-10-22-49(46)57/h3-26,28-37,60-61H,1,27H2,2H3/b34-15-,41-16+,60-37?. The molecule has 0 aliphatic rings. The van der Waals surface area contributed by atoms with Crippen molar-refractivity contribution in [3.8, 4) is 27.9 Å². The summed E-state index contributed by atoms with van der Waals surface area (Å²) < 4.78 is 2.47. The number of hydrogen-bond acceptors (Lipinski definition) is 2. The van der Waals surface area contributed by atoms with Gasteiger partial charge in [0.1, 0.15) is 0 Å². The van der Waals surface area contributed by atoms with Crippen molar-refractivity contribution < 1.29 is 0 Å². The first kappa shape index (κ1) is 37.0. The van der Waals surface area contributed by atoms with Crippen LogP contribution >= 0.6 is 0 Å². The van der Waals surface area contributed by atoms with Crippen molar-refractivity contribution in [3.05, 3.63) is 218 Å². The van der Waals surface area contributed by atoms with Gasteiger partial charge in [0.15, 0.2) is 0 Å². The van der Waals surface area contributed by atoms with E-state index in [1.807, 2.05) is 19.3 Å². The maximum atomic E-state index is 8.35. The van der Waals surface area contributed by atoms with E-state index < -0.39 is 0 Å². The molecule has 1 aromatic heterocycles. The number of allylic oxidation sites excluding steroid dienone is 4. The van der Waals surface area contributed by atoms with Gasteiger partial charge in [-0.2, -0.15) is 0 Å². The Morgan fingerprint density at radius 2 is 1.06 bits per heavy atom. The van der Waals surface area contributed by atoms with Crippen LogP contribution < -0.4 is 5.32 Å². The molecule has 1 heterocycles. The molecule has 294 valence electrons. The summed E-state index contributed by atoms with van der Waals surface area (Å²) in [6.07, 6.45) is 10.2. The molecule has 3 nitrogen and oxygen atoms in total. The molecule has 11 rings (SSSR count). The Bertz CT molecular complexity index is 3560. The summed E-state index contributed by atoms with van der Waals surface area (Å²) in [5.74, 6) is 0. The summed E-state index contributed by atoms with van der Waals surface area (Å²) in [6.45, 7) is 3.96. The summed E-state index contributed by atoms with van der Waals surface area (Å²) in [5.41, 5.74) is 11.6. The molecule has 0 saturated heterocycles. The molecular formula is C59H43N3. The lowest BCUT2D eigenvalue weighted by Crippen LogP contribution is -1.96. The van der Waals surface area contributed by atoms with Crippen molar-refractivity contribution in [2.24, 2.45) is 0 Å². The van der Waals surface area contributed by atoms with Gasteiger partial charge >= 0.3 is 0 Å².